The summed E-state index contributed by atoms with van der Waals surface area (Å²) in [5.74, 6) is -2.43. The van der Waals surface area contributed by atoms with E-state index in [9.17, 15) is 19.2 Å². The van der Waals surface area contributed by atoms with Crippen molar-refractivity contribution in [3.8, 4) is 5.75 Å². The van der Waals surface area contributed by atoms with Gasteiger partial charge in [-0.3, -0.25) is 19.2 Å². The maximum absolute atomic E-state index is 13.4. The number of hydrazine groups is 1. The zero-order valence-electron chi connectivity index (χ0n) is 18.3. The Labute approximate surface area is 196 Å². The summed E-state index contributed by atoms with van der Waals surface area (Å²) < 4.78 is 5.12. The molecule has 8 heteroatoms. The molecule has 3 amide bonds. The van der Waals surface area contributed by atoms with E-state index >= 15 is 0 Å². The van der Waals surface area contributed by atoms with Gasteiger partial charge in [0.2, 0.25) is 0 Å². The summed E-state index contributed by atoms with van der Waals surface area (Å²) in [6.07, 6.45) is 2.85. The molecule has 0 saturated carbocycles. The van der Waals surface area contributed by atoms with E-state index in [-0.39, 0.29) is 5.56 Å². The number of benzene rings is 2. The minimum atomic E-state index is -0.626. The van der Waals surface area contributed by atoms with E-state index < -0.39 is 41.9 Å². The van der Waals surface area contributed by atoms with Crippen LogP contribution in [0.1, 0.15) is 40.5 Å². The Kier molecular flexibility index (Phi) is 6.33. The van der Waals surface area contributed by atoms with Gasteiger partial charge < -0.3 is 4.74 Å². The molecule has 4 rings (SSSR count). The van der Waals surface area contributed by atoms with Crippen molar-refractivity contribution in [2.75, 3.05) is 13.7 Å². The number of Topliss-reactive ketones (excluding diaryl/α,β-unsaturated/α-hetero) is 1. The van der Waals surface area contributed by atoms with Gasteiger partial charge in [0, 0.05) is 16.1 Å². The highest BCUT2D eigenvalue weighted by Crippen LogP contribution is 2.38. The van der Waals surface area contributed by atoms with Crippen LogP contribution in [0.2, 0.25) is 5.02 Å². The quantitative estimate of drug-likeness (QED) is 0.366. The average molecular weight is 467 g/mol. The summed E-state index contributed by atoms with van der Waals surface area (Å²) in [5.41, 5.74) is 1.58. The molecule has 0 radical (unpaired) electrons. The molecular formula is C25H23ClN2O5. The molecule has 7 nitrogen and oxygen atoms in total. The lowest BCUT2D eigenvalue weighted by Gasteiger charge is -2.30. The van der Waals surface area contributed by atoms with Crippen LogP contribution in [0.5, 0.6) is 5.75 Å². The summed E-state index contributed by atoms with van der Waals surface area (Å²) in [5, 5.41) is 2.28. The molecule has 2 aliphatic rings. The van der Waals surface area contributed by atoms with Crippen molar-refractivity contribution in [1.29, 1.82) is 0 Å². The zero-order valence-corrected chi connectivity index (χ0v) is 19.0. The van der Waals surface area contributed by atoms with E-state index in [1.165, 1.54) is 19.2 Å². The van der Waals surface area contributed by atoms with Gasteiger partial charge in [0.1, 0.15) is 12.3 Å². The molecular weight excluding hydrogens is 444 g/mol. The topological polar surface area (TPSA) is 84.0 Å². The lowest BCUT2D eigenvalue weighted by molar-refractivity contribution is -0.154. The standard InChI is InChI=1S/C25H23ClN2O5/c1-15-3-12-20-21(13-15)25(32)28(24(20)31)27(23(30)17-4-8-18(26)9-5-17)14-22(29)16-6-10-19(33-2)11-7-16/h3-11,20-21H,12-14H2,1-2H3/t20-,21+/m0/s1. The SMILES string of the molecule is COc1ccc(C(=O)CN(C(=O)c2ccc(Cl)cc2)N2C(=O)[C@H]3CC=C(C)C[C@H]3C2=O)cc1. The molecule has 1 fully saturated rings. The highest BCUT2D eigenvalue weighted by molar-refractivity contribution is 6.30. The molecule has 33 heavy (non-hydrogen) atoms. The number of hydrogen-bond donors (Lipinski definition) is 0. The van der Waals surface area contributed by atoms with Crippen molar-refractivity contribution in [2.45, 2.75) is 19.8 Å². The van der Waals surface area contributed by atoms with Gasteiger partial charge in [0.15, 0.2) is 5.78 Å². The number of amides is 3. The van der Waals surface area contributed by atoms with Crippen molar-refractivity contribution >= 4 is 35.1 Å². The van der Waals surface area contributed by atoms with Crippen LogP contribution in [0.4, 0.5) is 0 Å². The Morgan fingerprint density at radius 3 is 2.24 bits per heavy atom. The van der Waals surface area contributed by atoms with Crippen LogP contribution < -0.4 is 4.74 Å². The van der Waals surface area contributed by atoms with Crippen LogP contribution in [-0.2, 0) is 9.59 Å². The number of fused-ring (bicyclic) bond motifs is 1. The molecule has 0 N–H and O–H groups in total. The minimum absolute atomic E-state index is 0.215. The fourth-order valence-electron chi connectivity index (χ4n) is 4.24. The van der Waals surface area contributed by atoms with Gasteiger partial charge >= 0.3 is 0 Å². The maximum atomic E-state index is 13.4. The molecule has 0 unspecified atom stereocenters. The molecule has 0 aromatic heterocycles. The van der Waals surface area contributed by atoms with Crippen molar-refractivity contribution < 1.29 is 23.9 Å². The van der Waals surface area contributed by atoms with Gasteiger partial charge in [-0.1, -0.05) is 23.3 Å². The van der Waals surface area contributed by atoms with E-state index in [0.717, 1.165) is 15.6 Å². The van der Waals surface area contributed by atoms with E-state index in [4.69, 9.17) is 16.3 Å². The van der Waals surface area contributed by atoms with Crippen molar-refractivity contribution in [3.63, 3.8) is 0 Å². The summed E-state index contributed by atoms with van der Waals surface area (Å²) in [6, 6.07) is 12.5. The number of ether oxygens (including phenoxy) is 1. The van der Waals surface area contributed by atoms with Crippen LogP contribution in [-0.4, -0.2) is 47.2 Å². The Balaban J connectivity index is 1.67. The largest absolute Gasteiger partial charge is 0.497 e. The number of nitrogens with zero attached hydrogens (tertiary/aromatic N) is 2. The molecule has 2 aromatic rings. The van der Waals surface area contributed by atoms with E-state index in [0.29, 0.717) is 29.2 Å². The Bertz CT molecular complexity index is 1140. The normalized spacial score (nSPS) is 19.7. The van der Waals surface area contributed by atoms with Crippen LogP contribution in [0.25, 0.3) is 0 Å². The molecule has 2 atom stereocenters. The minimum Gasteiger partial charge on any atom is -0.497 e. The number of carbonyl (C=O) groups excluding carboxylic acids is 4. The van der Waals surface area contributed by atoms with Gasteiger partial charge in [-0.15, -0.1) is 0 Å². The first kappa shape index (κ1) is 22.7. The number of methoxy groups -OCH3 is 1. The number of hydrogen-bond acceptors (Lipinski definition) is 5. The number of imide groups is 1. The van der Waals surface area contributed by atoms with Crippen molar-refractivity contribution in [3.05, 3.63) is 76.3 Å². The first-order valence-electron chi connectivity index (χ1n) is 10.6. The van der Waals surface area contributed by atoms with Gasteiger partial charge in [-0.05, 0) is 68.3 Å². The smallest absolute Gasteiger partial charge is 0.273 e. The fourth-order valence-corrected chi connectivity index (χ4v) is 4.36. The zero-order chi connectivity index (χ0) is 23.7. The van der Waals surface area contributed by atoms with E-state index in [2.05, 4.69) is 0 Å². The lowest BCUT2D eigenvalue weighted by atomic mass is 9.82. The number of rotatable bonds is 6. The molecule has 2 aromatic carbocycles. The van der Waals surface area contributed by atoms with E-state index in [1.54, 1.807) is 36.4 Å². The highest BCUT2D eigenvalue weighted by Gasteiger charge is 2.51. The Hall–Kier alpha value is -3.45. The summed E-state index contributed by atoms with van der Waals surface area (Å²) in [4.78, 5) is 53.0. The second-order valence-corrected chi connectivity index (χ2v) is 8.65. The summed E-state index contributed by atoms with van der Waals surface area (Å²) in [7, 11) is 1.52. The average Bonchev–Trinajstić information content (AvgIpc) is 3.06. The predicted octanol–water partition coefficient (Wildman–Crippen LogP) is 3.93. The molecule has 1 aliphatic heterocycles. The third kappa shape index (κ3) is 4.41. The first-order chi connectivity index (χ1) is 15.8. The van der Waals surface area contributed by atoms with Gasteiger partial charge in [-0.2, -0.15) is 5.01 Å². The van der Waals surface area contributed by atoms with Crippen LogP contribution in [0, 0.1) is 11.8 Å². The molecule has 1 heterocycles. The van der Waals surface area contributed by atoms with Crippen molar-refractivity contribution in [2.24, 2.45) is 11.8 Å². The second kappa shape index (κ2) is 9.19. The molecule has 1 saturated heterocycles. The summed E-state index contributed by atoms with van der Waals surface area (Å²) in [6.45, 7) is 1.46. The fraction of sp³-hybridized carbons (Fsp3) is 0.280. The number of allylic oxidation sites excluding steroid dienone is 2. The number of ketones is 1. The maximum Gasteiger partial charge on any atom is 0.273 e. The lowest BCUT2D eigenvalue weighted by Crippen LogP contribution is -2.52. The number of halogens is 1. The van der Waals surface area contributed by atoms with Crippen LogP contribution in [0.15, 0.2) is 60.2 Å². The van der Waals surface area contributed by atoms with Gasteiger partial charge in [-0.25, -0.2) is 5.01 Å². The summed E-state index contributed by atoms with van der Waals surface area (Å²) >= 11 is 5.94. The van der Waals surface area contributed by atoms with Crippen LogP contribution in [0.3, 0.4) is 0 Å². The van der Waals surface area contributed by atoms with E-state index in [1.807, 2.05) is 13.0 Å². The third-order valence-electron chi connectivity index (χ3n) is 6.07. The highest BCUT2D eigenvalue weighted by atomic mass is 35.5. The molecule has 170 valence electrons. The molecule has 0 spiro atoms. The van der Waals surface area contributed by atoms with Gasteiger partial charge in [0.05, 0.1) is 18.9 Å². The molecule has 1 aliphatic carbocycles. The van der Waals surface area contributed by atoms with Crippen molar-refractivity contribution in [1.82, 2.24) is 10.0 Å². The predicted molar refractivity (Wildman–Crippen MR) is 122 cm³/mol. The Morgan fingerprint density at radius 1 is 1.00 bits per heavy atom. The third-order valence-corrected chi connectivity index (χ3v) is 6.32. The monoisotopic (exact) mass is 466 g/mol. The number of carbonyl (C=O) groups is 4. The Morgan fingerprint density at radius 2 is 1.61 bits per heavy atom. The second-order valence-electron chi connectivity index (χ2n) is 8.21. The van der Waals surface area contributed by atoms with Gasteiger partial charge in [0.25, 0.3) is 17.7 Å². The molecule has 0 bridgehead atoms. The van der Waals surface area contributed by atoms with Crippen LogP contribution >= 0.6 is 11.6 Å². The first-order valence-corrected chi connectivity index (χ1v) is 11.0.